The fraction of sp³-hybridized carbons (Fsp3) is 0.600. The topological polar surface area (TPSA) is 79.8 Å². The van der Waals surface area contributed by atoms with E-state index in [1.54, 1.807) is 0 Å². The minimum atomic E-state index is -3.27. The van der Waals surface area contributed by atoms with Gasteiger partial charge in [0.25, 0.3) is 0 Å². The fourth-order valence-corrected chi connectivity index (χ4v) is 0.972. The molecular formula is C5H15ClNO4P. The maximum atomic E-state index is 11.0. The van der Waals surface area contributed by atoms with Crippen molar-refractivity contribution in [2.75, 3.05) is 20.8 Å². The average Bonchev–Trinajstić information content (AvgIpc) is 2.00. The Morgan fingerprint density at radius 3 is 2.08 bits per heavy atom. The van der Waals surface area contributed by atoms with E-state index in [1.165, 1.54) is 20.3 Å². The largest absolute Gasteiger partial charge is 0.474 e. The summed E-state index contributed by atoms with van der Waals surface area (Å²) < 4.78 is 24.6. The number of halogens is 1. The molecule has 76 valence electrons. The van der Waals surface area contributed by atoms with Crippen molar-refractivity contribution in [3.63, 3.8) is 0 Å². The van der Waals surface area contributed by atoms with E-state index < -0.39 is 7.82 Å². The molecule has 7 heteroatoms. The van der Waals surface area contributed by atoms with Gasteiger partial charge in [-0.2, -0.15) is 0 Å². The zero-order chi connectivity index (χ0) is 8.04. The van der Waals surface area contributed by atoms with Crippen LogP contribution in [-0.4, -0.2) is 20.8 Å². The van der Waals surface area contributed by atoms with Crippen molar-refractivity contribution < 1.29 is 18.1 Å². The summed E-state index contributed by atoms with van der Waals surface area (Å²) in [5.41, 5.74) is 0. The van der Waals surface area contributed by atoms with Gasteiger partial charge in [0.1, 0.15) is 0 Å². The summed E-state index contributed by atoms with van der Waals surface area (Å²) in [5, 5.41) is 0. The maximum absolute atomic E-state index is 11.0. The highest BCUT2D eigenvalue weighted by Crippen LogP contribution is 2.47. The SMILES string of the molecule is C=CCOP(=O)(OC)OC.Cl.N. The second-order valence-corrected chi connectivity index (χ2v) is 3.28. The summed E-state index contributed by atoms with van der Waals surface area (Å²) in [7, 11) is -0.754. The Bertz CT molecular complexity index is 146. The molecule has 0 aromatic heterocycles. The number of phosphoric acid groups is 1. The summed E-state index contributed by atoms with van der Waals surface area (Å²) >= 11 is 0. The summed E-state index contributed by atoms with van der Waals surface area (Å²) in [6.07, 6.45) is 1.46. The minimum Gasteiger partial charge on any atom is -0.344 e. The predicted octanol–water partition coefficient (Wildman–Crippen LogP) is 2.17. The number of hydrogen-bond acceptors (Lipinski definition) is 5. The Labute approximate surface area is 78.7 Å². The standard InChI is InChI=1S/C5H11O4P.ClH.H3N/c1-4-5-9-10(6,7-2)8-3;;/h4H,1,5H2,2-3H3;1H;1H3. The Hall–Kier alpha value is 0.1000. The van der Waals surface area contributed by atoms with E-state index in [0.717, 1.165) is 0 Å². The van der Waals surface area contributed by atoms with Crippen molar-refractivity contribution in [1.82, 2.24) is 6.15 Å². The number of rotatable bonds is 5. The third-order valence-electron chi connectivity index (χ3n) is 0.798. The first-order valence-electron chi connectivity index (χ1n) is 2.65. The van der Waals surface area contributed by atoms with Crippen LogP contribution < -0.4 is 6.15 Å². The van der Waals surface area contributed by atoms with Crippen LogP contribution in [0.4, 0.5) is 0 Å². The molecule has 0 unspecified atom stereocenters. The molecule has 0 aromatic rings. The van der Waals surface area contributed by atoms with Crippen LogP contribution in [0, 0.1) is 0 Å². The van der Waals surface area contributed by atoms with E-state index >= 15 is 0 Å². The molecule has 0 radical (unpaired) electrons. The van der Waals surface area contributed by atoms with Crippen LogP contribution in [0.1, 0.15) is 0 Å². The van der Waals surface area contributed by atoms with Crippen LogP contribution in [0.3, 0.4) is 0 Å². The molecule has 0 fully saturated rings. The number of hydrogen-bond donors (Lipinski definition) is 1. The average molecular weight is 220 g/mol. The molecule has 0 bridgehead atoms. The van der Waals surface area contributed by atoms with Gasteiger partial charge in [0, 0.05) is 14.2 Å². The molecule has 0 heterocycles. The highest BCUT2D eigenvalue weighted by Gasteiger charge is 2.20. The predicted molar refractivity (Wildman–Crippen MR) is 50.0 cm³/mol. The summed E-state index contributed by atoms with van der Waals surface area (Å²) in [4.78, 5) is 0. The molecule has 0 atom stereocenters. The van der Waals surface area contributed by atoms with Gasteiger partial charge in [-0.3, -0.25) is 13.6 Å². The fourth-order valence-electron chi connectivity index (χ4n) is 0.324. The van der Waals surface area contributed by atoms with Crippen molar-refractivity contribution in [3.8, 4) is 0 Å². The molecule has 0 aromatic carbocycles. The number of phosphoric ester groups is 1. The normalized spacial score (nSPS) is 9.50. The van der Waals surface area contributed by atoms with Crippen molar-refractivity contribution in [3.05, 3.63) is 12.7 Å². The zero-order valence-corrected chi connectivity index (χ0v) is 8.90. The first-order chi connectivity index (χ1) is 4.68. The van der Waals surface area contributed by atoms with Gasteiger partial charge in [-0.1, -0.05) is 6.08 Å². The molecule has 0 saturated carbocycles. The van der Waals surface area contributed by atoms with Crippen LogP contribution in [0.5, 0.6) is 0 Å². The molecule has 5 nitrogen and oxygen atoms in total. The van der Waals surface area contributed by atoms with E-state index in [9.17, 15) is 4.57 Å². The quantitative estimate of drug-likeness (QED) is 0.566. The Balaban J connectivity index is -0.000000405. The van der Waals surface area contributed by atoms with Crippen molar-refractivity contribution in [2.45, 2.75) is 0 Å². The molecule has 0 aliphatic carbocycles. The Morgan fingerprint density at radius 1 is 1.42 bits per heavy atom. The monoisotopic (exact) mass is 219 g/mol. The molecule has 0 spiro atoms. The molecular weight excluding hydrogens is 204 g/mol. The zero-order valence-electron chi connectivity index (χ0n) is 7.19. The lowest BCUT2D eigenvalue weighted by Crippen LogP contribution is -1.93. The van der Waals surface area contributed by atoms with Gasteiger partial charge in [0.05, 0.1) is 6.61 Å². The van der Waals surface area contributed by atoms with Crippen LogP contribution >= 0.6 is 20.2 Å². The Kier molecular flexibility index (Phi) is 13.8. The highest BCUT2D eigenvalue weighted by atomic mass is 35.5. The van der Waals surface area contributed by atoms with Gasteiger partial charge >= 0.3 is 7.82 Å². The van der Waals surface area contributed by atoms with E-state index in [2.05, 4.69) is 20.2 Å². The third-order valence-corrected chi connectivity index (χ3v) is 2.16. The van der Waals surface area contributed by atoms with E-state index in [4.69, 9.17) is 0 Å². The lowest BCUT2D eigenvalue weighted by atomic mass is 10.7. The van der Waals surface area contributed by atoms with E-state index in [0.29, 0.717) is 0 Å². The molecule has 3 N–H and O–H groups in total. The van der Waals surface area contributed by atoms with Crippen molar-refractivity contribution >= 4 is 20.2 Å². The first-order valence-corrected chi connectivity index (χ1v) is 4.11. The van der Waals surface area contributed by atoms with Gasteiger partial charge in [0.2, 0.25) is 0 Å². The minimum absolute atomic E-state index is 0. The van der Waals surface area contributed by atoms with Crippen LogP contribution in [0.25, 0.3) is 0 Å². The molecule has 12 heavy (non-hydrogen) atoms. The maximum Gasteiger partial charge on any atom is 0.474 e. The highest BCUT2D eigenvalue weighted by molar-refractivity contribution is 7.48. The molecule has 0 rings (SSSR count). The van der Waals surface area contributed by atoms with Gasteiger partial charge in [0.15, 0.2) is 0 Å². The van der Waals surface area contributed by atoms with Crippen LogP contribution in [0.15, 0.2) is 12.7 Å². The van der Waals surface area contributed by atoms with E-state index in [-0.39, 0.29) is 25.2 Å². The first kappa shape index (κ1) is 18.0. The van der Waals surface area contributed by atoms with Gasteiger partial charge < -0.3 is 6.15 Å². The Morgan fingerprint density at radius 2 is 1.83 bits per heavy atom. The molecule has 0 amide bonds. The lowest BCUT2D eigenvalue weighted by molar-refractivity contribution is 0.164. The third kappa shape index (κ3) is 6.79. The van der Waals surface area contributed by atoms with Crippen molar-refractivity contribution in [1.29, 1.82) is 0 Å². The van der Waals surface area contributed by atoms with Crippen LogP contribution in [0.2, 0.25) is 0 Å². The lowest BCUT2D eigenvalue weighted by Gasteiger charge is -2.10. The second-order valence-electron chi connectivity index (χ2n) is 1.40. The summed E-state index contributed by atoms with van der Waals surface area (Å²) in [6, 6.07) is 0. The summed E-state index contributed by atoms with van der Waals surface area (Å²) in [6.45, 7) is 3.53. The summed E-state index contributed by atoms with van der Waals surface area (Å²) in [5.74, 6) is 0. The van der Waals surface area contributed by atoms with Gasteiger partial charge in [-0.25, -0.2) is 4.57 Å². The van der Waals surface area contributed by atoms with E-state index in [1.807, 2.05) is 0 Å². The molecule has 0 saturated heterocycles. The van der Waals surface area contributed by atoms with Crippen LogP contribution in [-0.2, 0) is 18.1 Å². The second kappa shape index (κ2) is 9.19. The van der Waals surface area contributed by atoms with Gasteiger partial charge in [-0.15, -0.1) is 19.0 Å². The molecule has 0 aliphatic heterocycles. The molecule has 0 aliphatic rings. The van der Waals surface area contributed by atoms with Gasteiger partial charge in [-0.05, 0) is 0 Å². The van der Waals surface area contributed by atoms with Crippen molar-refractivity contribution in [2.24, 2.45) is 0 Å². The smallest absolute Gasteiger partial charge is 0.344 e.